The second-order valence-corrected chi connectivity index (χ2v) is 6.22. The minimum atomic E-state index is 0.344. The summed E-state index contributed by atoms with van der Waals surface area (Å²) < 4.78 is 0. The number of hydrogen-bond acceptors (Lipinski definition) is 4. The summed E-state index contributed by atoms with van der Waals surface area (Å²) in [5.41, 5.74) is 1.12. The first kappa shape index (κ1) is 14.9. The van der Waals surface area contributed by atoms with Gasteiger partial charge in [0.2, 0.25) is 0 Å². The van der Waals surface area contributed by atoms with E-state index in [1.54, 1.807) is 11.3 Å². The lowest BCUT2D eigenvalue weighted by molar-refractivity contribution is 0.554. The van der Waals surface area contributed by atoms with E-state index in [4.69, 9.17) is 0 Å². The Hall–Kier alpha value is -1.55. The smallest absolute Gasteiger partial charge is 0.127 e. The highest BCUT2D eigenvalue weighted by Gasteiger charge is 2.16. The predicted octanol–water partition coefficient (Wildman–Crippen LogP) is 4.77. The predicted molar refractivity (Wildman–Crippen MR) is 88.5 cm³/mol. The van der Waals surface area contributed by atoms with E-state index in [1.807, 2.05) is 12.3 Å². The number of anilines is 2. The normalized spacial score (nSPS) is 12.4. The molecule has 0 aliphatic rings. The van der Waals surface area contributed by atoms with Crippen molar-refractivity contribution in [3.63, 3.8) is 0 Å². The summed E-state index contributed by atoms with van der Waals surface area (Å²) in [6.45, 7) is 7.60. The van der Waals surface area contributed by atoms with Gasteiger partial charge < -0.3 is 10.6 Å². The number of aromatic nitrogens is 1. The minimum absolute atomic E-state index is 0.344. The highest BCUT2D eigenvalue weighted by Crippen LogP contribution is 2.30. The number of thiophene rings is 1. The lowest BCUT2D eigenvalue weighted by atomic mass is 10.0. The molecule has 0 aliphatic carbocycles. The van der Waals surface area contributed by atoms with Crippen LogP contribution in [0.1, 0.15) is 38.1 Å². The average molecular weight is 289 g/mol. The van der Waals surface area contributed by atoms with Gasteiger partial charge in [-0.15, -0.1) is 11.3 Å². The first-order valence-corrected chi connectivity index (χ1v) is 8.08. The zero-order chi connectivity index (χ0) is 14.4. The van der Waals surface area contributed by atoms with Crippen LogP contribution in [0.3, 0.4) is 0 Å². The molecule has 20 heavy (non-hydrogen) atoms. The molecule has 3 nitrogen and oxygen atoms in total. The second kappa shape index (κ2) is 7.29. The molecule has 0 aliphatic heterocycles. The van der Waals surface area contributed by atoms with E-state index < -0.39 is 0 Å². The maximum absolute atomic E-state index is 4.34. The van der Waals surface area contributed by atoms with Gasteiger partial charge in [-0.1, -0.05) is 26.8 Å². The van der Waals surface area contributed by atoms with Gasteiger partial charge in [-0.3, -0.25) is 0 Å². The van der Waals surface area contributed by atoms with Crippen LogP contribution in [0.4, 0.5) is 11.5 Å². The first-order valence-electron chi connectivity index (χ1n) is 7.20. The summed E-state index contributed by atoms with van der Waals surface area (Å²) in [5.74, 6) is 1.47. The Labute approximate surface area is 125 Å². The van der Waals surface area contributed by atoms with Gasteiger partial charge in [0.05, 0.1) is 6.04 Å². The Morgan fingerprint density at radius 1 is 1.30 bits per heavy atom. The monoisotopic (exact) mass is 289 g/mol. The Morgan fingerprint density at radius 2 is 2.15 bits per heavy atom. The van der Waals surface area contributed by atoms with Gasteiger partial charge in [0.15, 0.2) is 0 Å². The number of pyridine rings is 1. The van der Waals surface area contributed by atoms with Gasteiger partial charge in [0.25, 0.3) is 0 Å². The third-order valence-corrected chi connectivity index (χ3v) is 4.11. The van der Waals surface area contributed by atoms with Crippen LogP contribution in [0.15, 0.2) is 35.8 Å². The summed E-state index contributed by atoms with van der Waals surface area (Å²) in [4.78, 5) is 5.72. The first-order chi connectivity index (χ1) is 9.70. The van der Waals surface area contributed by atoms with Gasteiger partial charge in [0, 0.05) is 29.4 Å². The van der Waals surface area contributed by atoms with Crippen LogP contribution in [0.5, 0.6) is 0 Å². The molecule has 0 saturated heterocycles. The highest BCUT2D eigenvalue weighted by atomic mass is 32.1. The maximum atomic E-state index is 4.34. The zero-order valence-electron chi connectivity index (χ0n) is 12.4. The van der Waals surface area contributed by atoms with Crippen LogP contribution >= 0.6 is 11.3 Å². The molecule has 1 atom stereocenters. The standard InChI is InChI=1S/C16H23N3S/c1-4-8-17-15-11-13(7-9-18-15)19-16(12(2)3)14-6-5-10-20-14/h5-7,9-12,16H,4,8H2,1-3H3,(H2,17,18,19). The lowest BCUT2D eigenvalue weighted by Crippen LogP contribution is -2.15. The summed E-state index contributed by atoms with van der Waals surface area (Å²) in [6.07, 6.45) is 2.95. The molecule has 2 aromatic heterocycles. The molecule has 2 aromatic rings. The molecule has 0 saturated carbocycles. The second-order valence-electron chi connectivity index (χ2n) is 5.24. The van der Waals surface area contributed by atoms with Crippen molar-refractivity contribution in [2.45, 2.75) is 33.2 Å². The van der Waals surface area contributed by atoms with Crippen molar-refractivity contribution in [3.05, 3.63) is 40.7 Å². The van der Waals surface area contributed by atoms with Crippen LogP contribution in [0.25, 0.3) is 0 Å². The van der Waals surface area contributed by atoms with Crippen LogP contribution < -0.4 is 10.6 Å². The summed E-state index contributed by atoms with van der Waals surface area (Å²) in [5, 5.41) is 9.08. The van der Waals surface area contributed by atoms with E-state index in [9.17, 15) is 0 Å². The largest absolute Gasteiger partial charge is 0.377 e. The maximum Gasteiger partial charge on any atom is 0.127 e. The van der Waals surface area contributed by atoms with E-state index in [1.165, 1.54) is 4.88 Å². The topological polar surface area (TPSA) is 37.0 Å². The highest BCUT2D eigenvalue weighted by molar-refractivity contribution is 7.10. The number of hydrogen-bond donors (Lipinski definition) is 2. The quantitative estimate of drug-likeness (QED) is 0.770. The van der Waals surface area contributed by atoms with Crippen molar-refractivity contribution in [1.29, 1.82) is 0 Å². The fourth-order valence-corrected chi connectivity index (χ4v) is 3.03. The van der Waals surface area contributed by atoms with E-state index in [2.05, 4.69) is 60.0 Å². The molecular weight excluding hydrogens is 266 g/mol. The Bertz CT molecular complexity index is 508. The molecule has 0 aromatic carbocycles. The fourth-order valence-electron chi connectivity index (χ4n) is 2.08. The van der Waals surface area contributed by atoms with Crippen LogP contribution in [-0.2, 0) is 0 Å². The average Bonchev–Trinajstić information content (AvgIpc) is 2.96. The fraction of sp³-hybridized carbons (Fsp3) is 0.438. The molecular formula is C16H23N3S. The molecule has 4 heteroatoms. The summed E-state index contributed by atoms with van der Waals surface area (Å²) in [6, 6.07) is 8.76. The Balaban J connectivity index is 2.10. The van der Waals surface area contributed by atoms with E-state index in [-0.39, 0.29) is 0 Å². The molecule has 108 valence electrons. The van der Waals surface area contributed by atoms with E-state index >= 15 is 0 Å². The molecule has 2 N–H and O–H groups in total. The van der Waals surface area contributed by atoms with Gasteiger partial charge in [-0.25, -0.2) is 4.98 Å². The molecule has 0 bridgehead atoms. The van der Waals surface area contributed by atoms with Crippen molar-refractivity contribution in [1.82, 2.24) is 4.98 Å². The lowest BCUT2D eigenvalue weighted by Gasteiger charge is -2.22. The zero-order valence-corrected chi connectivity index (χ0v) is 13.2. The van der Waals surface area contributed by atoms with Crippen molar-refractivity contribution in [2.75, 3.05) is 17.2 Å². The van der Waals surface area contributed by atoms with Crippen molar-refractivity contribution in [3.8, 4) is 0 Å². The molecule has 0 spiro atoms. The third kappa shape index (κ3) is 3.97. The number of rotatable bonds is 7. The number of nitrogens with zero attached hydrogens (tertiary/aromatic N) is 1. The third-order valence-electron chi connectivity index (χ3n) is 3.15. The van der Waals surface area contributed by atoms with E-state index in [0.29, 0.717) is 12.0 Å². The molecule has 1 unspecified atom stereocenters. The van der Waals surface area contributed by atoms with Gasteiger partial charge in [-0.2, -0.15) is 0 Å². The molecule has 0 radical (unpaired) electrons. The van der Waals surface area contributed by atoms with Gasteiger partial charge in [0.1, 0.15) is 5.82 Å². The van der Waals surface area contributed by atoms with Crippen molar-refractivity contribution < 1.29 is 0 Å². The minimum Gasteiger partial charge on any atom is -0.377 e. The Morgan fingerprint density at radius 3 is 2.80 bits per heavy atom. The van der Waals surface area contributed by atoms with Gasteiger partial charge in [-0.05, 0) is 29.9 Å². The van der Waals surface area contributed by atoms with Crippen LogP contribution in [0.2, 0.25) is 0 Å². The summed E-state index contributed by atoms with van der Waals surface area (Å²) >= 11 is 1.80. The van der Waals surface area contributed by atoms with Crippen LogP contribution in [-0.4, -0.2) is 11.5 Å². The number of nitrogens with one attached hydrogen (secondary N) is 2. The molecule has 2 heterocycles. The van der Waals surface area contributed by atoms with Crippen molar-refractivity contribution >= 4 is 22.8 Å². The SMILES string of the molecule is CCCNc1cc(NC(c2cccs2)C(C)C)ccn1. The summed E-state index contributed by atoms with van der Waals surface area (Å²) in [7, 11) is 0. The Kier molecular flexibility index (Phi) is 5.41. The van der Waals surface area contributed by atoms with Crippen LogP contribution in [0, 0.1) is 5.92 Å². The van der Waals surface area contributed by atoms with E-state index in [0.717, 1.165) is 24.5 Å². The van der Waals surface area contributed by atoms with Gasteiger partial charge >= 0.3 is 0 Å². The molecule has 0 fully saturated rings. The van der Waals surface area contributed by atoms with Crippen molar-refractivity contribution in [2.24, 2.45) is 5.92 Å². The molecule has 0 amide bonds. The molecule has 2 rings (SSSR count).